The summed E-state index contributed by atoms with van der Waals surface area (Å²) in [6.45, 7) is 1.61. The smallest absolute Gasteiger partial charge is 0.124 e. The van der Waals surface area contributed by atoms with Crippen molar-refractivity contribution in [2.24, 2.45) is 5.92 Å². The van der Waals surface area contributed by atoms with Crippen molar-refractivity contribution in [3.05, 3.63) is 28.8 Å². The summed E-state index contributed by atoms with van der Waals surface area (Å²) >= 11 is 6.25. The average molecular weight is 282 g/mol. The minimum absolute atomic E-state index is 0.397. The van der Waals surface area contributed by atoms with Crippen LogP contribution in [-0.4, -0.2) is 25.9 Å². The van der Waals surface area contributed by atoms with Gasteiger partial charge < -0.3 is 14.8 Å². The molecule has 3 nitrogen and oxygen atoms in total. The second-order valence-electron chi connectivity index (χ2n) is 5.37. The van der Waals surface area contributed by atoms with Crippen molar-refractivity contribution in [3.63, 3.8) is 0 Å². The first-order valence-corrected chi connectivity index (χ1v) is 7.33. The maximum absolute atomic E-state index is 6.25. The highest BCUT2D eigenvalue weighted by Crippen LogP contribution is 2.39. The van der Waals surface area contributed by atoms with Crippen LogP contribution < -0.4 is 10.1 Å². The number of benzene rings is 1. The highest BCUT2D eigenvalue weighted by molar-refractivity contribution is 6.31. The minimum Gasteiger partial charge on any atom is -0.496 e. The Balaban J connectivity index is 1.65. The number of halogens is 1. The zero-order valence-electron chi connectivity index (χ0n) is 11.2. The van der Waals surface area contributed by atoms with E-state index in [9.17, 15) is 0 Å². The predicted octanol–water partition coefficient (Wildman–Crippen LogP) is 3.01. The van der Waals surface area contributed by atoms with Gasteiger partial charge in [-0.3, -0.25) is 0 Å². The number of ether oxygens (including phenoxy) is 2. The Labute approximate surface area is 119 Å². The summed E-state index contributed by atoms with van der Waals surface area (Å²) in [5.41, 5.74) is 1.04. The van der Waals surface area contributed by atoms with Gasteiger partial charge in [0.05, 0.1) is 13.2 Å². The van der Waals surface area contributed by atoms with Crippen molar-refractivity contribution in [2.75, 3.05) is 13.7 Å². The third kappa shape index (κ3) is 2.88. The van der Waals surface area contributed by atoms with E-state index in [2.05, 4.69) is 5.32 Å². The van der Waals surface area contributed by atoms with Gasteiger partial charge in [0.1, 0.15) is 5.75 Å². The van der Waals surface area contributed by atoms with Crippen molar-refractivity contribution in [1.82, 2.24) is 5.32 Å². The van der Waals surface area contributed by atoms with Gasteiger partial charge in [-0.25, -0.2) is 0 Å². The number of methoxy groups -OCH3 is 1. The predicted molar refractivity (Wildman–Crippen MR) is 75.7 cm³/mol. The molecule has 2 unspecified atom stereocenters. The summed E-state index contributed by atoms with van der Waals surface area (Å²) in [6.07, 6.45) is 4.12. The number of rotatable bonds is 5. The second-order valence-corrected chi connectivity index (χ2v) is 5.78. The van der Waals surface area contributed by atoms with Gasteiger partial charge in [0.15, 0.2) is 0 Å². The van der Waals surface area contributed by atoms with E-state index in [1.165, 1.54) is 12.8 Å². The van der Waals surface area contributed by atoms with E-state index < -0.39 is 0 Å². The van der Waals surface area contributed by atoms with Gasteiger partial charge in [-0.2, -0.15) is 0 Å². The molecule has 3 rings (SSSR count). The van der Waals surface area contributed by atoms with Crippen molar-refractivity contribution in [1.29, 1.82) is 0 Å². The van der Waals surface area contributed by atoms with E-state index in [1.807, 2.05) is 18.2 Å². The fourth-order valence-corrected chi connectivity index (χ4v) is 3.09. The van der Waals surface area contributed by atoms with Crippen LogP contribution in [0.3, 0.4) is 0 Å². The Hall–Kier alpha value is -0.770. The third-order valence-corrected chi connectivity index (χ3v) is 4.41. The molecule has 0 radical (unpaired) electrons. The molecule has 0 amide bonds. The Morgan fingerprint density at radius 3 is 2.95 bits per heavy atom. The van der Waals surface area contributed by atoms with E-state index in [0.29, 0.717) is 12.1 Å². The average Bonchev–Trinajstić information content (AvgIpc) is 3.16. The van der Waals surface area contributed by atoms with E-state index in [-0.39, 0.29) is 0 Å². The van der Waals surface area contributed by atoms with Gasteiger partial charge in [-0.15, -0.1) is 0 Å². The van der Waals surface area contributed by atoms with Crippen LogP contribution >= 0.6 is 11.6 Å². The maximum Gasteiger partial charge on any atom is 0.124 e. The molecule has 1 saturated heterocycles. The van der Waals surface area contributed by atoms with Gasteiger partial charge in [0.25, 0.3) is 0 Å². The molecule has 1 aliphatic heterocycles. The Morgan fingerprint density at radius 1 is 1.37 bits per heavy atom. The molecule has 1 aliphatic carbocycles. The van der Waals surface area contributed by atoms with Crippen molar-refractivity contribution in [3.8, 4) is 5.75 Å². The molecule has 0 aromatic heterocycles. The van der Waals surface area contributed by atoms with E-state index in [4.69, 9.17) is 21.1 Å². The van der Waals surface area contributed by atoms with Crippen LogP contribution in [0.1, 0.15) is 24.8 Å². The SMILES string of the molecule is COc1cccc(Cl)c1CNC1CCOC1C1CC1. The lowest BCUT2D eigenvalue weighted by Gasteiger charge is -2.20. The fraction of sp³-hybridized carbons (Fsp3) is 0.600. The topological polar surface area (TPSA) is 30.5 Å². The maximum atomic E-state index is 6.25. The number of hydrogen-bond donors (Lipinski definition) is 1. The molecular formula is C15H20ClNO2. The molecule has 104 valence electrons. The molecule has 0 bridgehead atoms. The first-order chi connectivity index (χ1) is 9.29. The summed E-state index contributed by atoms with van der Waals surface area (Å²) in [6, 6.07) is 6.22. The molecule has 0 spiro atoms. The lowest BCUT2D eigenvalue weighted by atomic mass is 10.1. The first-order valence-electron chi connectivity index (χ1n) is 6.96. The van der Waals surface area contributed by atoms with Crippen molar-refractivity contribution < 1.29 is 9.47 Å². The van der Waals surface area contributed by atoms with Gasteiger partial charge in [0.2, 0.25) is 0 Å². The molecule has 1 saturated carbocycles. The van der Waals surface area contributed by atoms with E-state index in [1.54, 1.807) is 7.11 Å². The normalized spacial score (nSPS) is 26.6. The lowest BCUT2D eigenvalue weighted by Crippen LogP contribution is -2.37. The summed E-state index contributed by atoms with van der Waals surface area (Å²) in [4.78, 5) is 0. The van der Waals surface area contributed by atoms with E-state index >= 15 is 0 Å². The molecule has 19 heavy (non-hydrogen) atoms. The molecule has 2 aliphatic rings. The van der Waals surface area contributed by atoms with Crippen LogP contribution in [0.4, 0.5) is 0 Å². The molecule has 1 aromatic carbocycles. The molecule has 1 heterocycles. The Bertz CT molecular complexity index is 448. The molecule has 1 N–H and O–H groups in total. The monoisotopic (exact) mass is 281 g/mol. The zero-order chi connectivity index (χ0) is 13.2. The van der Waals surface area contributed by atoms with Gasteiger partial charge >= 0.3 is 0 Å². The van der Waals surface area contributed by atoms with Gasteiger partial charge in [-0.1, -0.05) is 17.7 Å². The minimum atomic E-state index is 0.397. The molecule has 4 heteroatoms. The van der Waals surface area contributed by atoms with Crippen LogP contribution in [0.5, 0.6) is 5.75 Å². The summed E-state index contributed by atoms with van der Waals surface area (Å²) in [5.74, 6) is 1.62. The van der Waals surface area contributed by atoms with Gasteiger partial charge in [0, 0.05) is 29.8 Å². The summed E-state index contributed by atoms with van der Waals surface area (Å²) in [7, 11) is 1.68. The highest BCUT2D eigenvalue weighted by Gasteiger charge is 2.40. The fourth-order valence-electron chi connectivity index (χ4n) is 2.85. The third-order valence-electron chi connectivity index (χ3n) is 4.06. The first kappa shape index (κ1) is 13.2. The quantitative estimate of drug-likeness (QED) is 0.900. The second kappa shape index (κ2) is 5.70. The van der Waals surface area contributed by atoms with Gasteiger partial charge in [-0.05, 0) is 37.3 Å². The Morgan fingerprint density at radius 2 is 2.21 bits per heavy atom. The van der Waals surface area contributed by atoms with Crippen LogP contribution in [0.2, 0.25) is 5.02 Å². The molecule has 1 aromatic rings. The van der Waals surface area contributed by atoms with E-state index in [0.717, 1.165) is 41.8 Å². The standard InChI is InChI=1S/C15H20ClNO2/c1-18-14-4-2-3-12(16)11(14)9-17-13-7-8-19-15(13)10-5-6-10/h2-4,10,13,15,17H,5-9H2,1H3. The van der Waals surface area contributed by atoms with Crippen LogP contribution in [0.25, 0.3) is 0 Å². The van der Waals surface area contributed by atoms with Crippen LogP contribution in [0, 0.1) is 5.92 Å². The van der Waals surface area contributed by atoms with Crippen LogP contribution in [-0.2, 0) is 11.3 Å². The Kier molecular flexibility index (Phi) is 3.96. The summed E-state index contributed by atoms with van der Waals surface area (Å²) in [5, 5.41) is 4.35. The number of hydrogen-bond acceptors (Lipinski definition) is 3. The molecular weight excluding hydrogens is 262 g/mol. The molecule has 2 fully saturated rings. The number of nitrogens with one attached hydrogen (secondary N) is 1. The van der Waals surface area contributed by atoms with Crippen molar-refractivity contribution in [2.45, 2.75) is 38.0 Å². The lowest BCUT2D eigenvalue weighted by molar-refractivity contribution is 0.0808. The zero-order valence-corrected chi connectivity index (χ0v) is 12.0. The highest BCUT2D eigenvalue weighted by atomic mass is 35.5. The largest absolute Gasteiger partial charge is 0.496 e. The molecule has 2 atom stereocenters. The van der Waals surface area contributed by atoms with Crippen molar-refractivity contribution >= 4 is 11.6 Å². The van der Waals surface area contributed by atoms with Crippen LogP contribution in [0.15, 0.2) is 18.2 Å². The summed E-state index contributed by atoms with van der Waals surface area (Å²) < 4.78 is 11.2.